The first-order chi connectivity index (χ1) is 15.2. The van der Waals surface area contributed by atoms with Gasteiger partial charge in [-0.25, -0.2) is 13.2 Å². The maximum atomic E-state index is 13.8. The molecule has 0 spiro atoms. The first-order valence-electron chi connectivity index (χ1n) is 8.76. The van der Waals surface area contributed by atoms with Gasteiger partial charge in [0.05, 0.1) is 29.0 Å². The maximum absolute atomic E-state index is 13.8. The first-order valence-corrected chi connectivity index (χ1v) is 9.95. The summed E-state index contributed by atoms with van der Waals surface area (Å²) in [5.41, 5.74) is -0.435. The van der Waals surface area contributed by atoms with Crippen molar-refractivity contribution in [2.24, 2.45) is 0 Å². The van der Waals surface area contributed by atoms with Gasteiger partial charge in [0.1, 0.15) is 9.82 Å². The van der Waals surface area contributed by atoms with Gasteiger partial charge in [0, 0.05) is 24.0 Å². The van der Waals surface area contributed by atoms with Crippen LogP contribution in [0.3, 0.4) is 0 Å². The van der Waals surface area contributed by atoms with Crippen molar-refractivity contribution in [2.45, 2.75) is 13.0 Å². The zero-order valence-corrected chi connectivity index (χ0v) is 17.5. The molecule has 3 aromatic rings. The Morgan fingerprint density at radius 2 is 2.03 bits per heavy atom. The van der Waals surface area contributed by atoms with Crippen molar-refractivity contribution in [1.82, 2.24) is 9.13 Å². The van der Waals surface area contributed by atoms with Crippen LogP contribution in [0.25, 0.3) is 0 Å². The monoisotopic (exact) mass is 479 g/mol. The molecule has 12 heteroatoms. The van der Waals surface area contributed by atoms with Crippen molar-refractivity contribution < 1.29 is 18.0 Å². The highest BCUT2D eigenvalue weighted by atomic mass is 35.5. The second-order valence-electron chi connectivity index (χ2n) is 6.27. The van der Waals surface area contributed by atoms with E-state index in [1.165, 1.54) is 22.9 Å². The van der Waals surface area contributed by atoms with Gasteiger partial charge in [0.25, 0.3) is 17.9 Å². The standard InChI is InChI=1S/C20H13ClF3N5O2S/c21-18-12(3-1-11-2-4-17(26)29(7-11)10-25)5-15(32-18)19(30)27-13-6-14(22)20(31)28(8-13)9-16(23)24/h2,4-8,10,16,25-26H,9H2,(H,27,30). The van der Waals surface area contributed by atoms with Crippen molar-refractivity contribution >= 4 is 40.9 Å². The number of halogens is 4. The number of carbonyl (C=O) groups excluding carboxylic acids is 1. The van der Waals surface area contributed by atoms with Crippen LogP contribution in [0.1, 0.15) is 20.8 Å². The third-order valence-electron chi connectivity index (χ3n) is 4.00. The number of carbonyl (C=O) groups is 1. The van der Waals surface area contributed by atoms with Crippen LogP contribution >= 0.6 is 22.9 Å². The lowest BCUT2D eigenvalue weighted by molar-refractivity contribution is 0.103. The second-order valence-corrected chi connectivity index (χ2v) is 7.92. The van der Waals surface area contributed by atoms with Crippen molar-refractivity contribution in [1.29, 1.82) is 10.8 Å². The molecular formula is C20H13ClF3N5O2S. The normalized spacial score (nSPS) is 10.5. The summed E-state index contributed by atoms with van der Waals surface area (Å²) >= 11 is 7.05. The van der Waals surface area contributed by atoms with E-state index in [1.807, 2.05) is 0 Å². The average molecular weight is 480 g/mol. The third kappa shape index (κ3) is 5.35. The number of thiophene rings is 1. The van der Waals surface area contributed by atoms with E-state index in [0.29, 0.717) is 15.7 Å². The Bertz CT molecular complexity index is 1380. The SMILES string of the molecule is N=Cn1cc(C#Cc2cc(C(=O)Nc3cc(F)c(=O)n(CC(F)F)c3)sc2Cl)ccc1=N. The number of amides is 1. The van der Waals surface area contributed by atoms with Gasteiger partial charge < -0.3 is 9.88 Å². The Morgan fingerprint density at radius 3 is 2.72 bits per heavy atom. The number of hydrogen-bond donors (Lipinski definition) is 3. The molecule has 32 heavy (non-hydrogen) atoms. The Labute approximate surface area is 187 Å². The van der Waals surface area contributed by atoms with Gasteiger partial charge in [-0.3, -0.25) is 25.0 Å². The molecule has 0 radical (unpaired) electrons. The summed E-state index contributed by atoms with van der Waals surface area (Å²) in [5, 5.41) is 17.2. The molecule has 0 fully saturated rings. The summed E-state index contributed by atoms with van der Waals surface area (Å²) in [6.07, 6.45) is 0.501. The van der Waals surface area contributed by atoms with E-state index in [-0.39, 0.29) is 20.4 Å². The zero-order valence-electron chi connectivity index (χ0n) is 16.0. The van der Waals surface area contributed by atoms with Gasteiger partial charge in [-0.1, -0.05) is 23.4 Å². The smallest absolute Gasteiger partial charge is 0.286 e. The Balaban J connectivity index is 1.83. The first kappa shape index (κ1) is 23.1. The van der Waals surface area contributed by atoms with Crippen LogP contribution in [-0.2, 0) is 6.54 Å². The van der Waals surface area contributed by atoms with Crippen molar-refractivity contribution in [3.63, 3.8) is 0 Å². The van der Waals surface area contributed by atoms with E-state index in [4.69, 9.17) is 22.4 Å². The molecule has 0 aliphatic rings. The quantitative estimate of drug-likeness (QED) is 0.297. The summed E-state index contributed by atoms with van der Waals surface area (Å²) in [7, 11) is 0. The molecule has 7 nitrogen and oxygen atoms in total. The van der Waals surface area contributed by atoms with Gasteiger partial charge in [0.2, 0.25) is 0 Å². The molecule has 1 amide bonds. The molecule has 3 heterocycles. The van der Waals surface area contributed by atoms with Gasteiger partial charge in [-0.05, 0) is 18.2 Å². The van der Waals surface area contributed by atoms with Crippen LogP contribution in [0.2, 0.25) is 4.34 Å². The molecule has 0 saturated carbocycles. The zero-order chi connectivity index (χ0) is 23.4. The average Bonchev–Trinajstić information content (AvgIpc) is 3.11. The Hall–Kier alpha value is -3.62. The molecule has 3 N–H and O–H groups in total. The fourth-order valence-electron chi connectivity index (χ4n) is 2.55. The highest BCUT2D eigenvalue weighted by molar-refractivity contribution is 7.18. The molecule has 3 rings (SSSR count). The Morgan fingerprint density at radius 1 is 1.28 bits per heavy atom. The number of nitrogens with zero attached hydrogens (tertiary/aromatic N) is 2. The van der Waals surface area contributed by atoms with E-state index >= 15 is 0 Å². The fourth-order valence-corrected chi connectivity index (χ4v) is 3.63. The Kier molecular flexibility index (Phi) is 6.97. The molecule has 0 bridgehead atoms. The maximum Gasteiger partial charge on any atom is 0.286 e. The van der Waals surface area contributed by atoms with Crippen LogP contribution < -0.4 is 16.4 Å². The molecule has 3 aromatic heterocycles. The third-order valence-corrected chi connectivity index (χ3v) is 5.36. The lowest BCUT2D eigenvalue weighted by Crippen LogP contribution is -2.26. The molecule has 0 saturated heterocycles. The predicted octanol–water partition coefficient (Wildman–Crippen LogP) is 3.36. The van der Waals surface area contributed by atoms with Crippen molar-refractivity contribution in [2.75, 3.05) is 5.32 Å². The molecule has 0 atom stereocenters. The highest BCUT2D eigenvalue weighted by Crippen LogP contribution is 2.28. The predicted molar refractivity (Wildman–Crippen MR) is 114 cm³/mol. The van der Waals surface area contributed by atoms with Gasteiger partial charge in [0.15, 0.2) is 5.82 Å². The van der Waals surface area contributed by atoms with Crippen LogP contribution in [0.5, 0.6) is 0 Å². The number of pyridine rings is 2. The van der Waals surface area contributed by atoms with E-state index in [1.54, 1.807) is 6.07 Å². The van der Waals surface area contributed by atoms with Crippen LogP contribution in [-0.4, -0.2) is 27.8 Å². The summed E-state index contributed by atoms with van der Waals surface area (Å²) in [6, 6.07) is 5.21. The van der Waals surface area contributed by atoms with Crippen molar-refractivity contribution in [3.05, 3.63) is 78.7 Å². The van der Waals surface area contributed by atoms with Crippen LogP contribution in [0.15, 0.2) is 41.5 Å². The van der Waals surface area contributed by atoms with Gasteiger partial charge in [-0.2, -0.15) is 0 Å². The second kappa shape index (κ2) is 9.67. The van der Waals surface area contributed by atoms with Crippen LogP contribution in [0, 0.1) is 28.5 Å². The number of nitrogens with one attached hydrogen (secondary N) is 3. The van der Waals surface area contributed by atoms with E-state index in [0.717, 1.165) is 29.9 Å². The molecule has 0 aliphatic carbocycles. The molecule has 0 unspecified atom stereocenters. The number of anilines is 1. The van der Waals surface area contributed by atoms with E-state index < -0.39 is 30.3 Å². The van der Waals surface area contributed by atoms with E-state index in [9.17, 15) is 22.8 Å². The summed E-state index contributed by atoms with van der Waals surface area (Å²) < 4.78 is 40.9. The molecular weight excluding hydrogens is 467 g/mol. The molecule has 0 aliphatic heterocycles. The minimum Gasteiger partial charge on any atom is -0.320 e. The fraction of sp³-hybridized carbons (Fsp3) is 0.100. The van der Waals surface area contributed by atoms with E-state index in [2.05, 4.69) is 17.2 Å². The number of aromatic nitrogens is 2. The largest absolute Gasteiger partial charge is 0.320 e. The summed E-state index contributed by atoms with van der Waals surface area (Å²) in [4.78, 5) is 24.2. The number of rotatable bonds is 5. The lowest BCUT2D eigenvalue weighted by Gasteiger charge is -2.09. The van der Waals surface area contributed by atoms with Crippen LogP contribution in [0.4, 0.5) is 18.9 Å². The molecule has 164 valence electrons. The van der Waals surface area contributed by atoms with Gasteiger partial charge >= 0.3 is 0 Å². The topological polar surface area (TPSA) is 104 Å². The number of alkyl halides is 2. The number of hydrogen-bond acceptors (Lipinski definition) is 5. The molecule has 0 aromatic carbocycles. The van der Waals surface area contributed by atoms with Gasteiger partial charge in [-0.15, -0.1) is 11.3 Å². The lowest BCUT2D eigenvalue weighted by atomic mass is 10.2. The van der Waals surface area contributed by atoms with Crippen molar-refractivity contribution in [3.8, 4) is 11.8 Å². The minimum absolute atomic E-state index is 0.106. The minimum atomic E-state index is -2.87. The summed E-state index contributed by atoms with van der Waals surface area (Å²) in [5.74, 6) is 3.65. The summed E-state index contributed by atoms with van der Waals surface area (Å²) in [6.45, 7) is -1.01. The highest BCUT2D eigenvalue weighted by Gasteiger charge is 2.16.